The zero-order chi connectivity index (χ0) is 30.1. The summed E-state index contributed by atoms with van der Waals surface area (Å²) in [7, 11) is 5.99. The van der Waals surface area contributed by atoms with Crippen LogP contribution in [0.3, 0.4) is 0 Å². The van der Waals surface area contributed by atoms with Gasteiger partial charge in [-0.05, 0) is 28.8 Å². The molecule has 0 aliphatic carbocycles. The summed E-state index contributed by atoms with van der Waals surface area (Å²) < 4.78 is 21.9. The minimum atomic E-state index is -1.93. The monoisotopic (exact) mass is 572 g/mol. The molecule has 11 nitrogen and oxygen atoms in total. The van der Waals surface area contributed by atoms with Gasteiger partial charge in [0.25, 0.3) is 0 Å². The second-order valence-corrected chi connectivity index (χ2v) is 9.23. The van der Waals surface area contributed by atoms with Crippen LogP contribution in [0.5, 0.6) is 23.5 Å². The largest absolute Gasteiger partial charge is 0.497 e. The number of hydrogen-bond acceptors (Lipinski definition) is 8. The van der Waals surface area contributed by atoms with Gasteiger partial charge in [0, 0.05) is 13.6 Å². The molecule has 4 aromatic rings. The molecule has 3 aromatic carbocycles. The molecule has 0 aliphatic heterocycles. The predicted octanol–water partition coefficient (Wildman–Crippen LogP) is 4.12. The van der Waals surface area contributed by atoms with Crippen molar-refractivity contribution in [2.45, 2.75) is 18.2 Å². The van der Waals surface area contributed by atoms with E-state index in [2.05, 4.69) is 15.3 Å². The Labute approximate surface area is 243 Å². The number of hydrogen-bond donors (Lipinski definition) is 2. The van der Waals surface area contributed by atoms with Crippen LogP contribution in [0.15, 0.2) is 91.0 Å². The van der Waals surface area contributed by atoms with Crippen LogP contribution in [0.2, 0.25) is 0 Å². The van der Waals surface area contributed by atoms with Gasteiger partial charge in [-0.15, -0.1) is 0 Å². The van der Waals surface area contributed by atoms with Crippen molar-refractivity contribution < 1.29 is 33.6 Å². The number of urea groups is 1. The number of carboxylic acids is 1. The average Bonchev–Trinajstić information content (AvgIpc) is 3.02. The topological polar surface area (TPSA) is 132 Å². The van der Waals surface area contributed by atoms with E-state index >= 15 is 0 Å². The molecule has 2 N–H and O–H groups in total. The Bertz CT molecular complexity index is 1420. The molecule has 1 heterocycles. The maximum atomic E-state index is 13.7. The molecular weight excluding hydrogens is 540 g/mol. The summed E-state index contributed by atoms with van der Waals surface area (Å²) in [4.78, 5) is 37.0. The fourth-order valence-electron chi connectivity index (χ4n) is 4.51. The Morgan fingerprint density at radius 2 is 1.36 bits per heavy atom. The van der Waals surface area contributed by atoms with E-state index in [0.29, 0.717) is 16.9 Å². The van der Waals surface area contributed by atoms with Crippen molar-refractivity contribution in [1.29, 1.82) is 0 Å². The maximum absolute atomic E-state index is 13.7. The lowest BCUT2D eigenvalue weighted by molar-refractivity contribution is -0.146. The lowest BCUT2D eigenvalue weighted by atomic mass is 9.72. The van der Waals surface area contributed by atoms with E-state index in [1.165, 1.54) is 25.2 Å². The number of rotatable bonds is 12. The van der Waals surface area contributed by atoms with Crippen molar-refractivity contribution in [3.63, 3.8) is 0 Å². The van der Waals surface area contributed by atoms with Gasteiger partial charge in [0.05, 0.1) is 27.4 Å². The van der Waals surface area contributed by atoms with Crippen LogP contribution < -0.4 is 24.3 Å². The number of nitrogens with one attached hydrogen (secondary N) is 1. The summed E-state index contributed by atoms with van der Waals surface area (Å²) in [5.74, 6) is -0.333. The van der Waals surface area contributed by atoms with Gasteiger partial charge in [0.2, 0.25) is 18.0 Å². The summed E-state index contributed by atoms with van der Waals surface area (Å²) in [5, 5.41) is 13.8. The molecule has 0 spiro atoms. The molecule has 0 unspecified atom stereocenters. The van der Waals surface area contributed by atoms with Crippen LogP contribution in [0, 0.1) is 0 Å². The summed E-state index contributed by atoms with van der Waals surface area (Å²) >= 11 is 0. The van der Waals surface area contributed by atoms with Crippen molar-refractivity contribution >= 4 is 12.0 Å². The van der Waals surface area contributed by atoms with E-state index in [1.807, 2.05) is 12.1 Å². The number of carbonyl (C=O) groups is 2. The first-order valence-electron chi connectivity index (χ1n) is 12.9. The first-order chi connectivity index (χ1) is 20.3. The highest BCUT2D eigenvalue weighted by Crippen LogP contribution is 2.38. The average molecular weight is 573 g/mol. The molecule has 0 bridgehead atoms. The standard InChI is InChI=1S/C31H32N4O7/c1-35(20-21-15-17-24(39-2)18-16-21)30(38)34-27(42-29-32-25(40-3)19-26(33-29)41-4)31(28(36)37,22-11-7-5-8-12-22)23-13-9-6-10-14-23/h5-19,27H,20H2,1-4H3,(H,34,38)(H,36,37)/t27-/m1/s1. The first kappa shape index (κ1) is 29.7. The Morgan fingerprint density at radius 1 is 0.833 bits per heavy atom. The quantitative estimate of drug-likeness (QED) is 0.241. The van der Waals surface area contributed by atoms with Gasteiger partial charge in [0.1, 0.15) is 5.75 Å². The van der Waals surface area contributed by atoms with Crippen LogP contribution in [0.4, 0.5) is 4.79 Å². The molecule has 0 radical (unpaired) electrons. The summed E-state index contributed by atoms with van der Waals surface area (Å²) in [6.45, 7) is 0.225. The highest BCUT2D eigenvalue weighted by molar-refractivity contribution is 5.88. The smallest absolute Gasteiger partial charge is 0.325 e. The highest BCUT2D eigenvalue weighted by atomic mass is 16.5. The van der Waals surface area contributed by atoms with Gasteiger partial charge < -0.3 is 34.3 Å². The third-order valence-corrected chi connectivity index (χ3v) is 6.67. The second kappa shape index (κ2) is 13.4. The van der Waals surface area contributed by atoms with Crippen molar-refractivity contribution in [3.05, 3.63) is 108 Å². The first-order valence-corrected chi connectivity index (χ1v) is 12.9. The minimum absolute atomic E-state index is 0.124. The molecule has 218 valence electrons. The molecule has 4 rings (SSSR count). The van der Waals surface area contributed by atoms with Gasteiger partial charge in [-0.2, -0.15) is 9.97 Å². The molecule has 1 aromatic heterocycles. The third-order valence-electron chi connectivity index (χ3n) is 6.67. The zero-order valence-electron chi connectivity index (χ0n) is 23.7. The van der Waals surface area contributed by atoms with E-state index in [0.717, 1.165) is 5.56 Å². The van der Waals surface area contributed by atoms with E-state index in [1.54, 1.807) is 87.0 Å². The highest BCUT2D eigenvalue weighted by Gasteiger charge is 2.52. The van der Waals surface area contributed by atoms with Crippen LogP contribution in [0.25, 0.3) is 0 Å². The van der Waals surface area contributed by atoms with E-state index in [4.69, 9.17) is 18.9 Å². The second-order valence-electron chi connectivity index (χ2n) is 9.23. The van der Waals surface area contributed by atoms with Crippen LogP contribution in [0.1, 0.15) is 16.7 Å². The number of carbonyl (C=O) groups excluding carboxylic acids is 1. The molecule has 0 saturated carbocycles. The Kier molecular flexibility index (Phi) is 9.43. The molecule has 0 aliphatic rings. The van der Waals surface area contributed by atoms with E-state index in [-0.39, 0.29) is 24.3 Å². The zero-order valence-corrected chi connectivity index (χ0v) is 23.7. The SMILES string of the molecule is COc1ccc(CN(C)C(=O)N[C@H](Oc2nc(OC)cc(OC)n2)C(C(=O)O)(c2ccccc2)c2ccccc2)cc1. The predicted molar refractivity (Wildman–Crippen MR) is 154 cm³/mol. The maximum Gasteiger partial charge on any atom is 0.325 e. The van der Waals surface area contributed by atoms with E-state index in [9.17, 15) is 14.7 Å². The van der Waals surface area contributed by atoms with Crippen molar-refractivity contribution in [2.75, 3.05) is 28.4 Å². The van der Waals surface area contributed by atoms with Crippen molar-refractivity contribution in [3.8, 4) is 23.5 Å². The number of aliphatic carboxylic acids is 1. The van der Waals surface area contributed by atoms with Crippen molar-refractivity contribution in [1.82, 2.24) is 20.2 Å². The Morgan fingerprint density at radius 3 is 1.81 bits per heavy atom. The number of aromatic nitrogens is 2. The third kappa shape index (κ3) is 6.35. The molecule has 2 amide bonds. The summed E-state index contributed by atoms with van der Waals surface area (Å²) in [5.41, 5.74) is -0.371. The van der Waals surface area contributed by atoms with Crippen LogP contribution in [-0.4, -0.2) is 66.6 Å². The van der Waals surface area contributed by atoms with Crippen LogP contribution in [-0.2, 0) is 16.8 Å². The molecule has 1 atom stereocenters. The van der Waals surface area contributed by atoms with Gasteiger partial charge in [-0.1, -0.05) is 72.8 Å². The number of ether oxygens (including phenoxy) is 4. The van der Waals surface area contributed by atoms with Gasteiger partial charge >= 0.3 is 18.0 Å². The van der Waals surface area contributed by atoms with E-state index < -0.39 is 23.6 Å². The molecular formula is C31H32N4O7. The van der Waals surface area contributed by atoms with Gasteiger partial charge in [-0.3, -0.25) is 4.79 Å². The Balaban J connectivity index is 1.81. The summed E-state index contributed by atoms with van der Waals surface area (Å²) in [6, 6.07) is 24.9. The summed E-state index contributed by atoms with van der Waals surface area (Å²) in [6.07, 6.45) is -1.54. The normalized spacial score (nSPS) is 11.6. The molecule has 11 heteroatoms. The van der Waals surface area contributed by atoms with Gasteiger partial charge in [-0.25, -0.2) is 4.79 Å². The minimum Gasteiger partial charge on any atom is -0.497 e. The van der Waals surface area contributed by atoms with Gasteiger partial charge in [0.15, 0.2) is 5.41 Å². The number of methoxy groups -OCH3 is 3. The molecule has 0 saturated heterocycles. The number of nitrogens with zero attached hydrogens (tertiary/aromatic N) is 3. The fourth-order valence-corrected chi connectivity index (χ4v) is 4.51. The lowest BCUT2D eigenvalue weighted by Gasteiger charge is -2.38. The number of amides is 2. The number of benzene rings is 3. The number of carboxylic acid groups (broad SMARTS) is 1. The fraction of sp³-hybridized carbons (Fsp3) is 0.226. The lowest BCUT2D eigenvalue weighted by Crippen LogP contribution is -2.60. The molecule has 0 fully saturated rings. The molecule has 42 heavy (non-hydrogen) atoms. The van der Waals surface area contributed by atoms with Crippen molar-refractivity contribution in [2.24, 2.45) is 0 Å². The van der Waals surface area contributed by atoms with Crippen LogP contribution >= 0.6 is 0 Å². The Hall–Kier alpha value is -5.32.